The van der Waals surface area contributed by atoms with Gasteiger partial charge in [-0.2, -0.15) is 0 Å². The zero-order chi connectivity index (χ0) is 60.2. The first kappa shape index (κ1) is 64.1. The zero-order valence-corrected chi connectivity index (χ0v) is 47.7. The molecule has 7 aliphatic heterocycles. The monoisotopic (exact) mass is 1210 g/mol. The summed E-state index contributed by atoms with van der Waals surface area (Å²) in [6.45, 7) is 5.33. The average Bonchev–Trinajstić information content (AvgIpc) is 1.75. The Labute approximate surface area is 485 Å². The molecule has 482 valence electrons. The van der Waals surface area contributed by atoms with E-state index >= 15 is 0 Å². The second kappa shape index (κ2) is 25.0. The van der Waals surface area contributed by atoms with E-state index in [2.05, 4.69) is 27.7 Å². The van der Waals surface area contributed by atoms with Crippen molar-refractivity contribution in [3.8, 4) is 0 Å². The van der Waals surface area contributed by atoms with Gasteiger partial charge in [-0.25, -0.2) is 0 Å². The molecule has 0 bridgehead atoms. The number of Topliss-reactive ketones (excluding diaryl/α,β-unsaturated/α-hetero) is 1. The highest BCUT2D eigenvalue weighted by atomic mass is 16.8. The summed E-state index contributed by atoms with van der Waals surface area (Å²) in [7, 11) is 0. The highest BCUT2D eigenvalue weighted by Gasteiger charge is 2.72. The van der Waals surface area contributed by atoms with Gasteiger partial charge >= 0.3 is 0 Å². The maximum absolute atomic E-state index is 14.8. The van der Waals surface area contributed by atoms with Gasteiger partial charge in [0, 0.05) is 30.1 Å². The van der Waals surface area contributed by atoms with E-state index in [9.17, 15) is 81.4 Å². The number of aliphatic hydroxyl groups is 15. The van der Waals surface area contributed by atoms with Gasteiger partial charge in [0.25, 0.3) is 0 Å². The summed E-state index contributed by atoms with van der Waals surface area (Å²) in [5, 5.41) is 163. The van der Waals surface area contributed by atoms with Crippen molar-refractivity contribution in [1.29, 1.82) is 0 Å². The molecule has 0 aromatic carbocycles. The van der Waals surface area contributed by atoms with Crippen molar-refractivity contribution in [2.45, 2.75) is 251 Å². The summed E-state index contributed by atoms with van der Waals surface area (Å²) in [5.41, 5.74) is -0.694. The number of carbonyl (C=O) groups excluding carboxylic acids is 1. The van der Waals surface area contributed by atoms with E-state index < -0.39 is 198 Å². The van der Waals surface area contributed by atoms with Crippen LogP contribution in [0.3, 0.4) is 0 Å². The third kappa shape index (κ3) is 11.0. The number of ketones is 1. The van der Waals surface area contributed by atoms with Crippen LogP contribution in [0.1, 0.15) is 85.5 Å². The molecule has 0 aromatic rings. The van der Waals surface area contributed by atoms with E-state index in [1.54, 1.807) is 0 Å². The minimum Gasteiger partial charge on any atom is -0.394 e. The molecular formula is C56H90O28. The first-order chi connectivity index (χ1) is 39.9. The Morgan fingerprint density at radius 1 is 0.512 bits per heavy atom. The van der Waals surface area contributed by atoms with Gasteiger partial charge in [0.1, 0.15) is 122 Å². The molecule has 4 aliphatic carbocycles. The lowest BCUT2D eigenvalue weighted by Crippen LogP contribution is -2.68. The molecule has 11 fully saturated rings. The molecule has 15 N–H and O–H groups in total. The van der Waals surface area contributed by atoms with Gasteiger partial charge < -0.3 is 133 Å². The Kier molecular flexibility index (Phi) is 19.1. The molecule has 36 atom stereocenters. The Hall–Kier alpha value is -1.41. The van der Waals surface area contributed by atoms with Crippen molar-refractivity contribution in [2.24, 2.45) is 52.3 Å². The molecule has 84 heavy (non-hydrogen) atoms. The Morgan fingerprint density at radius 3 is 1.69 bits per heavy atom. The normalized spacial score (nSPS) is 56.8. The van der Waals surface area contributed by atoms with Crippen molar-refractivity contribution in [3.63, 3.8) is 0 Å². The molecule has 28 nitrogen and oxygen atoms in total. The first-order valence-electron chi connectivity index (χ1n) is 30.2. The van der Waals surface area contributed by atoms with E-state index in [1.807, 2.05) is 0 Å². The minimum absolute atomic E-state index is 0.0359. The molecule has 0 radical (unpaired) electrons. The van der Waals surface area contributed by atoms with E-state index in [-0.39, 0.29) is 41.1 Å². The van der Waals surface area contributed by atoms with Gasteiger partial charge in [-0.05, 0) is 80.0 Å². The summed E-state index contributed by atoms with van der Waals surface area (Å²) in [6, 6.07) is 0. The lowest BCUT2D eigenvalue weighted by atomic mass is 9.44. The van der Waals surface area contributed by atoms with Gasteiger partial charge in [0.15, 0.2) is 37.2 Å². The summed E-state index contributed by atoms with van der Waals surface area (Å²) in [5.74, 6) is 1.16. The fourth-order valence-corrected chi connectivity index (χ4v) is 17.0. The van der Waals surface area contributed by atoms with Crippen LogP contribution in [-0.2, 0) is 61.6 Å². The number of carbonyl (C=O) groups is 1. The molecule has 7 heterocycles. The fraction of sp³-hybridized carbons (Fsp3) is 0.982. The van der Waals surface area contributed by atoms with E-state index in [0.29, 0.717) is 43.5 Å². The van der Waals surface area contributed by atoms with Crippen LogP contribution in [0.15, 0.2) is 0 Å². The van der Waals surface area contributed by atoms with Crippen LogP contribution in [0.4, 0.5) is 0 Å². The van der Waals surface area contributed by atoms with Gasteiger partial charge in [-0.15, -0.1) is 0 Å². The van der Waals surface area contributed by atoms with E-state index in [1.165, 1.54) is 0 Å². The second-order valence-electron chi connectivity index (χ2n) is 26.6. The molecule has 1 spiro atoms. The van der Waals surface area contributed by atoms with Crippen LogP contribution >= 0.6 is 0 Å². The molecular weight excluding hydrogens is 1120 g/mol. The number of fused-ring (bicyclic) bond motifs is 7. The molecule has 7 saturated heterocycles. The van der Waals surface area contributed by atoms with Gasteiger partial charge in [-0.1, -0.05) is 27.7 Å². The molecule has 11 rings (SSSR count). The molecule has 0 amide bonds. The van der Waals surface area contributed by atoms with Gasteiger partial charge in [-0.3, -0.25) is 4.79 Å². The van der Waals surface area contributed by atoms with Crippen LogP contribution < -0.4 is 0 Å². The fourth-order valence-electron chi connectivity index (χ4n) is 17.0. The molecule has 4 saturated carbocycles. The largest absolute Gasteiger partial charge is 0.394 e. The number of ether oxygens (including phenoxy) is 12. The number of hydrogen-bond acceptors (Lipinski definition) is 28. The van der Waals surface area contributed by atoms with Crippen LogP contribution in [0.2, 0.25) is 0 Å². The topological polar surface area (TPSA) is 431 Å². The summed E-state index contributed by atoms with van der Waals surface area (Å²) < 4.78 is 73.0. The quantitative estimate of drug-likeness (QED) is 0.0723. The summed E-state index contributed by atoms with van der Waals surface area (Å²) in [4.78, 5) is 14.8. The smallest absolute Gasteiger partial charge is 0.187 e. The van der Waals surface area contributed by atoms with E-state index in [4.69, 9.17) is 56.8 Å². The SMILES string of the molecule is C[C@H]1CC[C@@]2(OC1)O[C@H]1C[C@H]3[C@@H]4CC[C@H]5C[C@@H](O[C@@H]6O[C@H](CO)[C@H](O[C@@H]7O[C@H](CO)[C@@H](O)[C@H](O[C@@H]8OC[C@@H](O)[C@H](O[C@@H]9O[C@H](CO)[C@@H](O)[C@H](O)[C@H]9O)[C@H]8O)[C@H]7O[C@@H]7O[C@H](CO)[C@@H](O)[C@H](O)[C@H]7O)[C@H](O)[C@H]6O)CC[C@]5(C)[C@H]4CC(=O)[C@]3(C)[C@H]1[C@@H]2C. The average molecular weight is 1210 g/mol. The Morgan fingerprint density at radius 2 is 1.07 bits per heavy atom. The Balaban J connectivity index is 0.778. The predicted molar refractivity (Wildman–Crippen MR) is 275 cm³/mol. The summed E-state index contributed by atoms with van der Waals surface area (Å²) >= 11 is 0. The lowest BCUT2D eigenvalue weighted by Gasteiger charge is -2.60. The second-order valence-corrected chi connectivity index (χ2v) is 26.6. The van der Waals surface area contributed by atoms with Crippen molar-refractivity contribution in [1.82, 2.24) is 0 Å². The highest BCUT2D eigenvalue weighted by Crippen LogP contribution is 2.70. The maximum Gasteiger partial charge on any atom is 0.187 e. The predicted octanol–water partition coefficient (Wildman–Crippen LogP) is -5.27. The van der Waals surface area contributed by atoms with Crippen LogP contribution in [-0.4, -0.2) is 287 Å². The zero-order valence-electron chi connectivity index (χ0n) is 47.7. The van der Waals surface area contributed by atoms with Crippen molar-refractivity contribution >= 4 is 5.78 Å². The minimum atomic E-state index is -2.10. The highest BCUT2D eigenvalue weighted by molar-refractivity contribution is 5.87. The van der Waals surface area contributed by atoms with Crippen LogP contribution in [0.25, 0.3) is 0 Å². The molecule has 28 heteroatoms. The Bertz CT molecular complexity index is 2230. The van der Waals surface area contributed by atoms with Crippen molar-refractivity contribution in [3.05, 3.63) is 0 Å². The molecule has 0 unspecified atom stereocenters. The van der Waals surface area contributed by atoms with Crippen LogP contribution in [0, 0.1) is 52.3 Å². The van der Waals surface area contributed by atoms with Crippen molar-refractivity contribution in [2.75, 3.05) is 39.6 Å². The van der Waals surface area contributed by atoms with Crippen LogP contribution in [0.5, 0.6) is 0 Å². The number of hydrogen-bond donors (Lipinski definition) is 15. The lowest BCUT2D eigenvalue weighted by molar-refractivity contribution is -0.406. The standard InChI is InChI=1S/C56H90O28/c1-20-7-10-56(74-18-20)21(2)34-28(84-56)12-26-24-6-5-22-11-23(8-9-54(22,3)25(24)13-33(62)55(26,34)4)75-50-43(71)40(68)46(32(17-60)79-50)81-53-48(83-52-42(70)39(67)36(64)30(15-58)77-52)47(37(65)31(16-59)78-53)82-49-44(72)45(27(61)19-73-49)80-51-41(69)38(66)35(63)29(14-57)76-51/h20-32,34-53,57-61,63-72H,5-19H2,1-4H3/t20-,21-,22-,23-,24+,25-,26-,27+,28-,29+,30+,31+,32+,34-,35+,36+,37+,38-,39-,40+,41+,42+,43+,44+,45-,46-,47-,48+,49-,50+,51-,52-,53-,54-,55+,56+/m0/s1. The number of aliphatic hydroxyl groups excluding tert-OH is 15. The van der Waals surface area contributed by atoms with Crippen molar-refractivity contribution < 1.29 is 138 Å². The summed E-state index contributed by atoms with van der Waals surface area (Å²) in [6.07, 6.45) is -37.8. The van der Waals surface area contributed by atoms with Gasteiger partial charge in [0.05, 0.1) is 51.8 Å². The first-order valence-corrected chi connectivity index (χ1v) is 30.2. The van der Waals surface area contributed by atoms with Gasteiger partial charge in [0.2, 0.25) is 0 Å². The maximum atomic E-state index is 14.8. The molecule has 0 aromatic heterocycles. The third-order valence-electron chi connectivity index (χ3n) is 22.0. The third-order valence-corrected chi connectivity index (χ3v) is 22.0. The molecule has 11 aliphatic rings. The van der Waals surface area contributed by atoms with E-state index in [0.717, 1.165) is 38.5 Å². The number of rotatable bonds is 14.